The van der Waals surface area contributed by atoms with Gasteiger partial charge >= 0.3 is 6.18 Å². The summed E-state index contributed by atoms with van der Waals surface area (Å²) in [5, 5.41) is 4.03. The number of alkyl halides is 3. The fourth-order valence-electron chi connectivity index (χ4n) is 2.57. The topological polar surface area (TPSA) is 96.3 Å². The second-order valence-electron chi connectivity index (χ2n) is 5.66. The monoisotopic (exact) mass is 383 g/mol. The number of nitrogens with one attached hydrogen (secondary N) is 2. The third kappa shape index (κ3) is 5.68. The molecule has 0 aromatic carbocycles. The summed E-state index contributed by atoms with van der Waals surface area (Å²) in [6.07, 6.45) is -2.45. The number of hydrogen-bond acceptors (Lipinski definition) is 4. The Morgan fingerprint density at radius 1 is 1.36 bits per heavy atom. The van der Waals surface area contributed by atoms with Crippen LogP contribution in [0.5, 0.6) is 0 Å². The van der Waals surface area contributed by atoms with Crippen molar-refractivity contribution in [3.8, 4) is 0 Å². The molecule has 0 radical (unpaired) electrons. The Balaban J connectivity index is 1.86. The van der Waals surface area contributed by atoms with Crippen molar-refractivity contribution in [1.29, 1.82) is 0 Å². The predicted octanol–water partition coefficient (Wildman–Crippen LogP) is 0.494. The molecule has 1 aliphatic heterocycles. The van der Waals surface area contributed by atoms with Gasteiger partial charge in [-0.2, -0.15) is 36.1 Å². The van der Waals surface area contributed by atoms with Crippen molar-refractivity contribution in [1.82, 2.24) is 24.1 Å². The molecule has 142 valence electrons. The lowest BCUT2D eigenvalue weighted by Crippen LogP contribution is -2.50. The second kappa shape index (κ2) is 7.70. The summed E-state index contributed by atoms with van der Waals surface area (Å²) in [6.45, 7) is 1.40. The number of piperidine rings is 1. The van der Waals surface area contributed by atoms with E-state index in [1.54, 1.807) is 15.6 Å². The normalized spacial score (nSPS) is 17.0. The highest BCUT2D eigenvalue weighted by Crippen LogP contribution is 2.16. The van der Waals surface area contributed by atoms with Crippen molar-refractivity contribution >= 4 is 16.1 Å². The standard InChI is InChI=1S/C13H20F3N5O3S/c1-2-21-11(3-6-17-21)12(22)20-7-4-10(5-8-20)19-25(23,24)18-9-13(14,15)16/h3,6,10,18-19H,2,4-5,7-9H2,1H3. The second-order valence-corrected chi connectivity index (χ2v) is 7.19. The maximum absolute atomic E-state index is 12.4. The molecule has 0 atom stereocenters. The molecular formula is C13H20F3N5O3S. The highest BCUT2D eigenvalue weighted by Gasteiger charge is 2.31. The number of rotatable bonds is 6. The number of carbonyl (C=O) groups excluding carboxylic acids is 1. The minimum absolute atomic E-state index is 0.198. The molecule has 1 aromatic heterocycles. The predicted molar refractivity (Wildman–Crippen MR) is 82.9 cm³/mol. The van der Waals surface area contributed by atoms with Gasteiger partial charge in [-0.15, -0.1) is 0 Å². The lowest BCUT2D eigenvalue weighted by molar-refractivity contribution is -0.121. The molecule has 1 fully saturated rings. The summed E-state index contributed by atoms with van der Waals surface area (Å²) >= 11 is 0. The van der Waals surface area contributed by atoms with Crippen LogP contribution in [0.25, 0.3) is 0 Å². The van der Waals surface area contributed by atoms with E-state index < -0.39 is 29.0 Å². The molecule has 1 aromatic rings. The number of hydrogen-bond donors (Lipinski definition) is 2. The summed E-state index contributed by atoms with van der Waals surface area (Å²) in [5.41, 5.74) is 0.452. The summed E-state index contributed by atoms with van der Waals surface area (Å²) in [6, 6.07) is 1.09. The van der Waals surface area contributed by atoms with Crippen LogP contribution in [-0.4, -0.2) is 60.9 Å². The molecule has 25 heavy (non-hydrogen) atoms. The minimum Gasteiger partial charge on any atom is -0.337 e. The van der Waals surface area contributed by atoms with E-state index in [4.69, 9.17) is 0 Å². The Morgan fingerprint density at radius 2 is 2.00 bits per heavy atom. The van der Waals surface area contributed by atoms with E-state index in [9.17, 15) is 26.4 Å². The number of carbonyl (C=O) groups is 1. The van der Waals surface area contributed by atoms with E-state index in [-0.39, 0.29) is 5.91 Å². The van der Waals surface area contributed by atoms with Crippen LogP contribution in [0.1, 0.15) is 30.3 Å². The van der Waals surface area contributed by atoms with Crippen LogP contribution in [0.3, 0.4) is 0 Å². The number of nitrogens with zero attached hydrogens (tertiary/aromatic N) is 3. The Hall–Kier alpha value is -1.66. The summed E-state index contributed by atoms with van der Waals surface area (Å²) in [7, 11) is -4.24. The lowest BCUT2D eigenvalue weighted by Gasteiger charge is -2.32. The van der Waals surface area contributed by atoms with E-state index in [0.717, 1.165) is 0 Å². The Kier molecular flexibility index (Phi) is 6.06. The number of aryl methyl sites for hydroxylation is 1. The van der Waals surface area contributed by atoms with Gasteiger partial charge in [0, 0.05) is 31.9 Å². The van der Waals surface area contributed by atoms with E-state index in [0.29, 0.717) is 38.2 Å². The zero-order chi connectivity index (χ0) is 18.7. The molecule has 0 bridgehead atoms. The van der Waals surface area contributed by atoms with Crippen LogP contribution in [0.2, 0.25) is 0 Å². The molecular weight excluding hydrogens is 363 g/mol. The van der Waals surface area contributed by atoms with Gasteiger partial charge in [0.15, 0.2) is 0 Å². The first-order chi connectivity index (χ1) is 11.6. The maximum atomic E-state index is 12.4. The Bertz CT molecular complexity index is 696. The van der Waals surface area contributed by atoms with Crippen LogP contribution >= 0.6 is 0 Å². The first-order valence-electron chi connectivity index (χ1n) is 7.76. The molecule has 2 heterocycles. The average Bonchev–Trinajstić information content (AvgIpc) is 3.01. The number of likely N-dealkylation sites (tertiary alicyclic amines) is 1. The molecule has 1 saturated heterocycles. The average molecular weight is 383 g/mol. The van der Waals surface area contributed by atoms with Crippen molar-refractivity contribution < 1.29 is 26.4 Å². The minimum atomic E-state index is -4.62. The third-order valence-corrected chi connectivity index (χ3v) is 4.97. The molecule has 12 heteroatoms. The van der Waals surface area contributed by atoms with Gasteiger partial charge in [0.1, 0.15) is 12.2 Å². The number of aromatic nitrogens is 2. The van der Waals surface area contributed by atoms with E-state index in [2.05, 4.69) is 9.82 Å². The molecule has 0 unspecified atom stereocenters. The first-order valence-corrected chi connectivity index (χ1v) is 9.24. The zero-order valence-electron chi connectivity index (χ0n) is 13.6. The van der Waals surface area contributed by atoms with Gasteiger partial charge in [0.25, 0.3) is 16.1 Å². The highest BCUT2D eigenvalue weighted by atomic mass is 32.2. The number of halogens is 3. The van der Waals surface area contributed by atoms with Crippen LogP contribution in [0.4, 0.5) is 13.2 Å². The summed E-state index contributed by atoms with van der Waals surface area (Å²) in [4.78, 5) is 14.0. The van der Waals surface area contributed by atoms with Gasteiger partial charge < -0.3 is 4.90 Å². The van der Waals surface area contributed by atoms with Crippen molar-refractivity contribution in [3.63, 3.8) is 0 Å². The van der Waals surface area contributed by atoms with Crippen molar-refractivity contribution in [3.05, 3.63) is 18.0 Å². The fraction of sp³-hybridized carbons (Fsp3) is 0.692. The lowest BCUT2D eigenvalue weighted by atomic mass is 10.1. The van der Waals surface area contributed by atoms with E-state index in [1.807, 2.05) is 6.92 Å². The van der Waals surface area contributed by atoms with Crippen LogP contribution in [-0.2, 0) is 16.8 Å². The van der Waals surface area contributed by atoms with Crippen molar-refractivity contribution in [2.75, 3.05) is 19.6 Å². The first kappa shape index (κ1) is 19.7. The zero-order valence-corrected chi connectivity index (χ0v) is 14.4. The van der Waals surface area contributed by atoms with Crippen LogP contribution in [0, 0.1) is 0 Å². The fourth-order valence-corrected chi connectivity index (χ4v) is 3.68. The van der Waals surface area contributed by atoms with E-state index in [1.165, 1.54) is 10.9 Å². The van der Waals surface area contributed by atoms with Gasteiger partial charge in [-0.25, -0.2) is 0 Å². The highest BCUT2D eigenvalue weighted by molar-refractivity contribution is 7.87. The van der Waals surface area contributed by atoms with Crippen LogP contribution < -0.4 is 9.44 Å². The van der Waals surface area contributed by atoms with Gasteiger partial charge in [-0.3, -0.25) is 9.48 Å². The summed E-state index contributed by atoms with van der Waals surface area (Å²) < 4.78 is 64.7. The third-order valence-electron chi connectivity index (χ3n) is 3.80. The molecule has 2 N–H and O–H groups in total. The molecule has 8 nitrogen and oxygen atoms in total. The van der Waals surface area contributed by atoms with Gasteiger partial charge in [-0.1, -0.05) is 0 Å². The SMILES string of the molecule is CCn1nccc1C(=O)N1CCC(NS(=O)(=O)NCC(F)(F)F)CC1. The molecule has 1 aliphatic rings. The van der Waals surface area contributed by atoms with Crippen LogP contribution in [0.15, 0.2) is 12.3 Å². The largest absolute Gasteiger partial charge is 0.402 e. The smallest absolute Gasteiger partial charge is 0.337 e. The molecule has 2 rings (SSSR count). The summed E-state index contributed by atoms with van der Waals surface area (Å²) in [5.74, 6) is -0.198. The quantitative estimate of drug-likeness (QED) is 0.747. The Labute approximate surface area is 143 Å². The molecule has 0 aliphatic carbocycles. The molecule has 1 amide bonds. The molecule has 0 spiro atoms. The van der Waals surface area contributed by atoms with Gasteiger partial charge in [0.05, 0.1) is 0 Å². The maximum Gasteiger partial charge on any atom is 0.402 e. The van der Waals surface area contributed by atoms with Gasteiger partial charge in [-0.05, 0) is 25.8 Å². The van der Waals surface area contributed by atoms with Crippen molar-refractivity contribution in [2.45, 2.75) is 38.5 Å². The van der Waals surface area contributed by atoms with Crippen molar-refractivity contribution in [2.24, 2.45) is 0 Å². The number of amides is 1. The Morgan fingerprint density at radius 3 is 2.56 bits per heavy atom. The van der Waals surface area contributed by atoms with Gasteiger partial charge in [0.2, 0.25) is 0 Å². The molecule has 0 saturated carbocycles. The van der Waals surface area contributed by atoms with E-state index >= 15 is 0 Å².